The maximum Gasteiger partial charge on any atom is 0.253 e. The first-order chi connectivity index (χ1) is 7.95. The van der Waals surface area contributed by atoms with Crippen molar-refractivity contribution in [2.24, 2.45) is 5.92 Å². The molecular weight excluding hydrogens is 219 g/mol. The van der Waals surface area contributed by atoms with Crippen LogP contribution in [-0.4, -0.2) is 23.9 Å². The van der Waals surface area contributed by atoms with E-state index >= 15 is 0 Å². The summed E-state index contributed by atoms with van der Waals surface area (Å²) in [4.78, 5) is 13.8. The van der Waals surface area contributed by atoms with Crippen molar-refractivity contribution in [2.45, 2.75) is 20.8 Å². The van der Waals surface area contributed by atoms with Gasteiger partial charge in [0, 0.05) is 18.7 Å². The fourth-order valence-electron chi connectivity index (χ4n) is 1.64. The number of amides is 1. The third-order valence-electron chi connectivity index (χ3n) is 2.50. The molecule has 0 spiro atoms. The zero-order valence-electron chi connectivity index (χ0n) is 10.5. The smallest absolute Gasteiger partial charge is 0.253 e. The third kappa shape index (κ3) is 3.44. The maximum absolute atomic E-state index is 13.3. The summed E-state index contributed by atoms with van der Waals surface area (Å²) in [5, 5.41) is 0. The Labute approximate surface area is 101 Å². The average molecular weight is 238 g/mol. The molecule has 0 aliphatic rings. The molecule has 0 aromatic heterocycles. The van der Waals surface area contributed by atoms with Crippen LogP contribution in [0.1, 0.15) is 31.1 Å². The molecule has 0 aliphatic heterocycles. The number of benzene rings is 1. The molecule has 0 heterocycles. The van der Waals surface area contributed by atoms with E-state index in [4.69, 9.17) is 5.73 Å². The van der Waals surface area contributed by atoms with E-state index in [9.17, 15) is 9.18 Å². The van der Waals surface area contributed by atoms with E-state index in [1.54, 1.807) is 11.0 Å². The van der Waals surface area contributed by atoms with Crippen LogP contribution in [0, 0.1) is 11.7 Å². The van der Waals surface area contributed by atoms with Gasteiger partial charge in [-0.25, -0.2) is 4.39 Å². The fourth-order valence-corrected chi connectivity index (χ4v) is 1.64. The van der Waals surface area contributed by atoms with Gasteiger partial charge in [-0.15, -0.1) is 0 Å². The average Bonchev–Trinajstić information content (AvgIpc) is 2.28. The number of halogens is 1. The maximum atomic E-state index is 13.3. The molecule has 2 N–H and O–H groups in total. The van der Waals surface area contributed by atoms with Gasteiger partial charge in [-0.3, -0.25) is 4.79 Å². The lowest BCUT2D eigenvalue weighted by Crippen LogP contribution is -2.34. The Bertz CT molecular complexity index is 404. The Balaban J connectivity index is 2.90. The van der Waals surface area contributed by atoms with Crippen molar-refractivity contribution in [2.75, 3.05) is 18.8 Å². The van der Waals surface area contributed by atoms with Crippen molar-refractivity contribution < 1.29 is 9.18 Å². The highest BCUT2D eigenvalue weighted by Crippen LogP contribution is 2.14. The van der Waals surface area contributed by atoms with Crippen LogP contribution in [0.5, 0.6) is 0 Å². The van der Waals surface area contributed by atoms with E-state index in [-0.39, 0.29) is 11.6 Å². The standard InChI is InChI=1S/C13H19FN2O/c1-4-16(8-9(2)3)13(17)10-5-6-12(15)11(14)7-10/h5-7,9H,4,8,15H2,1-3H3. The molecule has 0 bridgehead atoms. The molecule has 0 atom stereocenters. The summed E-state index contributed by atoms with van der Waals surface area (Å²) in [6, 6.07) is 4.18. The monoisotopic (exact) mass is 238 g/mol. The zero-order valence-corrected chi connectivity index (χ0v) is 10.5. The topological polar surface area (TPSA) is 46.3 Å². The molecule has 0 saturated heterocycles. The van der Waals surface area contributed by atoms with Crippen LogP contribution in [-0.2, 0) is 0 Å². The van der Waals surface area contributed by atoms with Crippen molar-refractivity contribution in [3.8, 4) is 0 Å². The number of hydrogen-bond acceptors (Lipinski definition) is 2. The summed E-state index contributed by atoms with van der Waals surface area (Å²) in [5.41, 5.74) is 5.79. The highest BCUT2D eigenvalue weighted by molar-refractivity contribution is 5.94. The fraction of sp³-hybridized carbons (Fsp3) is 0.462. The van der Waals surface area contributed by atoms with Gasteiger partial charge < -0.3 is 10.6 Å². The van der Waals surface area contributed by atoms with Crippen LogP contribution in [0.3, 0.4) is 0 Å². The first-order valence-corrected chi connectivity index (χ1v) is 5.80. The molecule has 3 nitrogen and oxygen atoms in total. The lowest BCUT2D eigenvalue weighted by atomic mass is 10.1. The van der Waals surface area contributed by atoms with Crippen molar-refractivity contribution in [3.63, 3.8) is 0 Å². The second kappa shape index (κ2) is 5.66. The van der Waals surface area contributed by atoms with Gasteiger partial charge in [0.25, 0.3) is 5.91 Å². The van der Waals surface area contributed by atoms with Gasteiger partial charge in [-0.2, -0.15) is 0 Å². The van der Waals surface area contributed by atoms with Gasteiger partial charge in [0.2, 0.25) is 0 Å². The largest absolute Gasteiger partial charge is 0.396 e. The molecule has 0 fully saturated rings. The summed E-state index contributed by atoms with van der Waals surface area (Å²) in [5.74, 6) is -0.311. The molecular formula is C13H19FN2O. The number of carbonyl (C=O) groups excluding carboxylic acids is 1. The van der Waals surface area contributed by atoms with Gasteiger partial charge in [-0.05, 0) is 31.0 Å². The van der Waals surface area contributed by atoms with Crippen LogP contribution in [0.15, 0.2) is 18.2 Å². The number of nitrogen functional groups attached to an aromatic ring is 1. The molecule has 0 aliphatic carbocycles. The summed E-state index contributed by atoms with van der Waals surface area (Å²) in [6.07, 6.45) is 0. The second-order valence-corrected chi connectivity index (χ2v) is 4.47. The van der Waals surface area contributed by atoms with Crippen LogP contribution < -0.4 is 5.73 Å². The Morgan fingerprint density at radius 1 is 1.47 bits per heavy atom. The summed E-state index contributed by atoms with van der Waals surface area (Å²) < 4.78 is 13.3. The van der Waals surface area contributed by atoms with E-state index in [0.29, 0.717) is 24.6 Å². The number of rotatable bonds is 4. The minimum Gasteiger partial charge on any atom is -0.396 e. The molecule has 1 rings (SSSR count). The molecule has 17 heavy (non-hydrogen) atoms. The lowest BCUT2D eigenvalue weighted by molar-refractivity contribution is 0.0745. The van der Waals surface area contributed by atoms with Crippen molar-refractivity contribution in [3.05, 3.63) is 29.6 Å². The minimum atomic E-state index is -0.545. The predicted octanol–water partition coefficient (Wildman–Crippen LogP) is 2.53. The Kier molecular flexibility index (Phi) is 4.49. The first kappa shape index (κ1) is 13.5. The Hall–Kier alpha value is -1.58. The third-order valence-corrected chi connectivity index (χ3v) is 2.50. The highest BCUT2D eigenvalue weighted by atomic mass is 19.1. The van der Waals surface area contributed by atoms with Crippen LogP contribution in [0.2, 0.25) is 0 Å². The van der Waals surface area contributed by atoms with Gasteiger partial charge in [0.15, 0.2) is 0 Å². The normalized spacial score (nSPS) is 10.6. The van der Waals surface area contributed by atoms with Gasteiger partial charge in [-0.1, -0.05) is 13.8 Å². The molecule has 0 unspecified atom stereocenters. The minimum absolute atomic E-state index is 0.0634. The summed E-state index contributed by atoms with van der Waals surface area (Å²) in [6.45, 7) is 7.28. The molecule has 0 radical (unpaired) electrons. The van der Waals surface area contributed by atoms with E-state index < -0.39 is 5.82 Å². The molecule has 1 amide bonds. The zero-order chi connectivity index (χ0) is 13.0. The van der Waals surface area contributed by atoms with Crippen molar-refractivity contribution in [1.82, 2.24) is 4.90 Å². The highest BCUT2D eigenvalue weighted by Gasteiger charge is 2.16. The second-order valence-electron chi connectivity index (χ2n) is 4.47. The first-order valence-electron chi connectivity index (χ1n) is 5.80. The quantitative estimate of drug-likeness (QED) is 0.819. The van der Waals surface area contributed by atoms with Crippen molar-refractivity contribution >= 4 is 11.6 Å². The predicted molar refractivity (Wildman–Crippen MR) is 67.2 cm³/mol. The Morgan fingerprint density at radius 3 is 2.59 bits per heavy atom. The molecule has 94 valence electrons. The number of carbonyl (C=O) groups is 1. The summed E-state index contributed by atoms with van der Waals surface area (Å²) in [7, 11) is 0. The number of nitrogens with two attached hydrogens (primary N) is 1. The lowest BCUT2D eigenvalue weighted by Gasteiger charge is -2.23. The molecule has 1 aromatic carbocycles. The van der Waals surface area contributed by atoms with Crippen molar-refractivity contribution in [1.29, 1.82) is 0 Å². The number of hydrogen-bond donors (Lipinski definition) is 1. The van der Waals surface area contributed by atoms with E-state index in [0.717, 1.165) is 0 Å². The molecule has 1 aromatic rings. The van der Waals surface area contributed by atoms with Crippen LogP contribution in [0.25, 0.3) is 0 Å². The van der Waals surface area contributed by atoms with Gasteiger partial charge >= 0.3 is 0 Å². The molecule has 4 heteroatoms. The van der Waals surface area contributed by atoms with Crippen LogP contribution in [0.4, 0.5) is 10.1 Å². The number of anilines is 1. The van der Waals surface area contributed by atoms with E-state index in [2.05, 4.69) is 0 Å². The van der Waals surface area contributed by atoms with Gasteiger partial charge in [0.05, 0.1) is 5.69 Å². The molecule has 0 saturated carbocycles. The summed E-state index contributed by atoms with van der Waals surface area (Å²) >= 11 is 0. The van der Waals surface area contributed by atoms with Gasteiger partial charge in [0.1, 0.15) is 5.82 Å². The number of nitrogens with zero attached hydrogens (tertiary/aromatic N) is 1. The van der Waals surface area contributed by atoms with E-state index in [1.807, 2.05) is 20.8 Å². The van der Waals surface area contributed by atoms with Crippen LogP contribution >= 0.6 is 0 Å². The Morgan fingerprint density at radius 2 is 2.12 bits per heavy atom. The SMILES string of the molecule is CCN(CC(C)C)C(=O)c1ccc(N)c(F)c1. The van der Waals surface area contributed by atoms with E-state index in [1.165, 1.54) is 12.1 Å².